The van der Waals surface area contributed by atoms with Crippen LogP contribution in [-0.4, -0.2) is 43.0 Å². The summed E-state index contributed by atoms with van der Waals surface area (Å²) in [6.45, 7) is 6.94. The Labute approximate surface area is 139 Å². The van der Waals surface area contributed by atoms with E-state index in [0.29, 0.717) is 5.54 Å². The minimum Gasteiger partial charge on any atom is -0.304 e. The minimum absolute atomic E-state index is 0.340. The molecule has 0 amide bonds. The molecule has 0 atom stereocenters. The second-order valence-corrected chi connectivity index (χ2v) is 7.27. The van der Waals surface area contributed by atoms with Gasteiger partial charge in [0.05, 0.1) is 0 Å². The van der Waals surface area contributed by atoms with Crippen molar-refractivity contribution in [2.45, 2.75) is 25.3 Å². The first-order valence-corrected chi connectivity index (χ1v) is 8.79. The summed E-state index contributed by atoms with van der Waals surface area (Å²) in [4.78, 5) is 5.15. The Kier molecular flexibility index (Phi) is 3.74. The van der Waals surface area contributed by atoms with Crippen LogP contribution in [0.4, 0.5) is 0 Å². The molecule has 0 unspecified atom stereocenters. The monoisotopic (exact) mass is 306 g/mol. The Morgan fingerprint density at radius 3 is 1.78 bits per heavy atom. The number of piperazine rings is 1. The van der Waals surface area contributed by atoms with Crippen LogP contribution in [0.25, 0.3) is 11.1 Å². The van der Waals surface area contributed by atoms with Gasteiger partial charge >= 0.3 is 0 Å². The van der Waals surface area contributed by atoms with E-state index < -0.39 is 0 Å². The quantitative estimate of drug-likeness (QED) is 0.848. The summed E-state index contributed by atoms with van der Waals surface area (Å²) < 4.78 is 0. The van der Waals surface area contributed by atoms with Gasteiger partial charge in [0.1, 0.15) is 0 Å². The van der Waals surface area contributed by atoms with Gasteiger partial charge in [-0.3, -0.25) is 4.90 Å². The van der Waals surface area contributed by atoms with E-state index in [9.17, 15) is 0 Å². The minimum atomic E-state index is 0.340. The molecule has 120 valence electrons. The van der Waals surface area contributed by atoms with E-state index in [2.05, 4.69) is 72.3 Å². The van der Waals surface area contributed by atoms with E-state index >= 15 is 0 Å². The molecule has 2 heteroatoms. The van der Waals surface area contributed by atoms with Crippen LogP contribution < -0.4 is 0 Å². The Bertz CT molecular complexity index is 660. The van der Waals surface area contributed by atoms with E-state index in [1.165, 1.54) is 61.3 Å². The van der Waals surface area contributed by atoms with Crippen molar-refractivity contribution >= 4 is 0 Å². The van der Waals surface area contributed by atoms with Crippen LogP contribution in [0.2, 0.25) is 0 Å². The summed E-state index contributed by atoms with van der Waals surface area (Å²) in [5, 5.41) is 0. The van der Waals surface area contributed by atoms with Gasteiger partial charge in [-0.2, -0.15) is 0 Å². The average molecular weight is 306 g/mol. The van der Waals surface area contributed by atoms with Crippen molar-refractivity contribution in [2.75, 3.05) is 33.2 Å². The lowest BCUT2D eigenvalue weighted by atomic mass is 9.97. The highest BCUT2D eigenvalue weighted by atomic mass is 15.3. The van der Waals surface area contributed by atoms with Crippen LogP contribution in [0.1, 0.15) is 24.0 Å². The van der Waals surface area contributed by atoms with Crippen LogP contribution >= 0.6 is 0 Å². The molecule has 1 heterocycles. The topological polar surface area (TPSA) is 6.48 Å². The summed E-state index contributed by atoms with van der Waals surface area (Å²) >= 11 is 0. The maximum Gasteiger partial charge on any atom is 0.0463 e. The maximum atomic E-state index is 2.72. The van der Waals surface area contributed by atoms with E-state index in [0.717, 1.165) is 0 Å². The summed E-state index contributed by atoms with van der Waals surface area (Å²) in [6.07, 6.45) is 2.64. The highest BCUT2D eigenvalue weighted by molar-refractivity contribution is 5.64. The molecule has 2 nitrogen and oxygen atoms in total. The van der Waals surface area contributed by atoms with Gasteiger partial charge in [0, 0.05) is 31.7 Å². The van der Waals surface area contributed by atoms with Crippen LogP contribution in [0.5, 0.6) is 0 Å². The van der Waals surface area contributed by atoms with E-state index in [1.807, 2.05) is 0 Å². The van der Waals surface area contributed by atoms with Crippen molar-refractivity contribution in [3.05, 3.63) is 59.7 Å². The van der Waals surface area contributed by atoms with E-state index in [-0.39, 0.29) is 0 Å². The largest absolute Gasteiger partial charge is 0.304 e. The normalized spacial score (nSPS) is 21.3. The summed E-state index contributed by atoms with van der Waals surface area (Å²) in [5.74, 6) is 0. The molecule has 0 spiro atoms. The molecule has 1 saturated carbocycles. The zero-order valence-corrected chi connectivity index (χ0v) is 14.3. The van der Waals surface area contributed by atoms with Gasteiger partial charge in [-0.25, -0.2) is 0 Å². The predicted octanol–water partition coefficient (Wildman–Crippen LogP) is 3.90. The molecule has 4 rings (SSSR count). The molecule has 0 aromatic heterocycles. The van der Waals surface area contributed by atoms with E-state index in [4.69, 9.17) is 0 Å². The first kappa shape index (κ1) is 14.9. The van der Waals surface area contributed by atoms with Crippen molar-refractivity contribution in [1.29, 1.82) is 0 Å². The maximum absolute atomic E-state index is 2.72. The summed E-state index contributed by atoms with van der Waals surface area (Å²) in [7, 11) is 2.23. The van der Waals surface area contributed by atoms with Gasteiger partial charge < -0.3 is 4.90 Å². The number of benzene rings is 2. The molecule has 2 aromatic carbocycles. The van der Waals surface area contributed by atoms with Crippen molar-refractivity contribution in [3.8, 4) is 11.1 Å². The number of likely N-dealkylation sites (N-methyl/N-ethyl adjacent to an activating group) is 1. The van der Waals surface area contributed by atoms with Crippen LogP contribution in [0, 0.1) is 6.92 Å². The molecule has 2 fully saturated rings. The Morgan fingerprint density at radius 2 is 1.26 bits per heavy atom. The zero-order valence-electron chi connectivity index (χ0n) is 14.3. The lowest BCUT2D eigenvalue weighted by Gasteiger charge is -2.38. The van der Waals surface area contributed by atoms with Gasteiger partial charge in [-0.15, -0.1) is 0 Å². The van der Waals surface area contributed by atoms with Crippen molar-refractivity contribution in [2.24, 2.45) is 0 Å². The molecular formula is C21H26N2. The van der Waals surface area contributed by atoms with Crippen molar-refractivity contribution < 1.29 is 0 Å². The first-order valence-electron chi connectivity index (χ1n) is 8.79. The third-order valence-corrected chi connectivity index (χ3v) is 5.64. The summed E-state index contributed by atoms with van der Waals surface area (Å²) in [5.41, 5.74) is 5.80. The highest BCUT2D eigenvalue weighted by Gasteiger charge is 2.49. The molecule has 23 heavy (non-hydrogen) atoms. The Morgan fingerprint density at radius 1 is 0.739 bits per heavy atom. The van der Waals surface area contributed by atoms with Gasteiger partial charge in [0.15, 0.2) is 0 Å². The van der Waals surface area contributed by atoms with Crippen LogP contribution in [0.3, 0.4) is 0 Å². The van der Waals surface area contributed by atoms with Crippen LogP contribution in [0.15, 0.2) is 48.5 Å². The molecule has 0 N–H and O–H groups in total. The molecule has 0 radical (unpaired) electrons. The van der Waals surface area contributed by atoms with Crippen molar-refractivity contribution in [1.82, 2.24) is 9.80 Å². The molecule has 1 aliphatic carbocycles. The third kappa shape index (κ3) is 2.82. The van der Waals surface area contributed by atoms with E-state index in [1.54, 1.807) is 0 Å². The molecule has 2 aromatic rings. The second kappa shape index (κ2) is 5.77. The molecular weight excluding hydrogens is 280 g/mol. The second-order valence-electron chi connectivity index (χ2n) is 7.27. The summed E-state index contributed by atoms with van der Waals surface area (Å²) in [6, 6.07) is 18.1. The fourth-order valence-electron chi connectivity index (χ4n) is 3.86. The molecule has 1 aliphatic heterocycles. The number of hydrogen-bond acceptors (Lipinski definition) is 2. The van der Waals surface area contributed by atoms with Crippen molar-refractivity contribution in [3.63, 3.8) is 0 Å². The molecule has 2 aliphatic rings. The van der Waals surface area contributed by atoms with Gasteiger partial charge in [0.2, 0.25) is 0 Å². The number of rotatable bonds is 3. The standard InChI is InChI=1S/C21H26N2/c1-17-3-5-18(6-4-17)19-7-9-20(10-8-19)21(11-12-21)23-15-13-22(2)14-16-23/h3-10H,11-16H2,1-2H3. The van der Waals surface area contributed by atoms with Gasteiger partial charge in [0.25, 0.3) is 0 Å². The molecule has 0 bridgehead atoms. The predicted molar refractivity (Wildman–Crippen MR) is 96.6 cm³/mol. The third-order valence-electron chi connectivity index (χ3n) is 5.64. The number of aryl methyl sites for hydroxylation is 1. The lowest BCUT2D eigenvalue weighted by molar-refractivity contribution is 0.0976. The smallest absolute Gasteiger partial charge is 0.0463 e. The Hall–Kier alpha value is -1.64. The lowest BCUT2D eigenvalue weighted by Crippen LogP contribution is -2.49. The number of hydrogen-bond donors (Lipinski definition) is 0. The Balaban J connectivity index is 1.55. The zero-order chi connectivity index (χ0) is 15.9. The average Bonchev–Trinajstić information content (AvgIpc) is 3.38. The van der Waals surface area contributed by atoms with Gasteiger partial charge in [-0.05, 0) is 43.5 Å². The highest BCUT2D eigenvalue weighted by Crippen LogP contribution is 2.51. The SMILES string of the molecule is Cc1ccc(-c2ccc(C3(N4CCN(C)CC4)CC3)cc2)cc1. The fourth-order valence-corrected chi connectivity index (χ4v) is 3.86. The first-order chi connectivity index (χ1) is 11.2. The molecule has 1 saturated heterocycles. The number of nitrogens with zero attached hydrogens (tertiary/aromatic N) is 2. The fraction of sp³-hybridized carbons (Fsp3) is 0.429. The van der Waals surface area contributed by atoms with Gasteiger partial charge in [-0.1, -0.05) is 54.1 Å². The van der Waals surface area contributed by atoms with Crippen LogP contribution in [-0.2, 0) is 5.54 Å².